The van der Waals surface area contributed by atoms with Crippen molar-refractivity contribution in [2.24, 2.45) is 0 Å². The Kier molecular flexibility index (Phi) is 6.62. The molecule has 44 heavy (non-hydrogen) atoms. The average molecular weight is 564 g/mol. The van der Waals surface area contributed by atoms with Gasteiger partial charge < -0.3 is 0 Å². The van der Waals surface area contributed by atoms with Gasteiger partial charge in [0.1, 0.15) is 0 Å². The van der Waals surface area contributed by atoms with E-state index in [1.54, 1.807) is 6.20 Å². The zero-order valence-corrected chi connectivity index (χ0v) is 24.2. The number of benzene rings is 5. The first kappa shape index (κ1) is 26.0. The monoisotopic (exact) mass is 563 g/mol. The minimum absolute atomic E-state index is 0.719. The number of pyridine rings is 1. The van der Waals surface area contributed by atoms with Crippen molar-refractivity contribution >= 4 is 27.1 Å². The molecule has 7 aromatic rings. The van der Waals surface area contributed by atoms with Crippen LogP contribution in [0.4, 0.5) is 0 Å². The van der Waals surface area contributed by atoms with E-state index in [1.807, 2.05) is 12.3 Å². The van der Waals surface area contributed by atoms with Crippen LogP contribution in [-0.4, -0.2) is 15.0 Å². The lowest BCUT2D eigenvalue weighted by Gasteiger charge is -2.14. The van der Waals surface area contributed by atoms with Crippen LogP contribution in [0, 0.1) is 0 Å². The molecule has 0 amide bonds. The zero-order chi connectivity index (χ0) is 29.3. The highest BCUT2D eigenvalue weighted by atomic mass is 14.9. The summed E-state index contributed by atoms with van der Waals surface area (Å²) in [5.41, 5.74) is 9.72. The summed E-state index contributed by atoms with van der Waals surface area (Å²) < 4.78 is 0. The molecule has 0 aliphatic heterocycles. The molecule has 5 aromatic carbocycles. The van der Waals surface area contributed by atoms with Crippen LogP contribution in [-0.2, 0) is 0 Å². The first-order chi connectivity index (χ1) is 21.8. The van der Waals surface area contributed by atoms with Crippen LogP contribution >= 0.6 is 0 Å². The molecule has 0 saturated carbocycles. The van der Waals surface area contributed by atoms with Gasteiger partial charge in [-0.05, 0) is 81.4 Å². The fourth-order valence-corrected chi connectivity index (χ4v) is 6.22. The third-order valence-electron chi connectivity index (χ3n) is 8.43. The van der Waals surface area contributed by atoms with Crippen molar-refractivity contribution in [3.05, 3.63) is 158 Å². The van der Waals surface area contributed by atoms with Gasteiger partial charge in [-0.1, -0.05) is 109 Å². The van der Waals surface area contributed by atoms with Crippen molar-refractivity contribution in [1.29, 1.82) is 0 Å². The fraction of sp³-hybridized carbons (Fsp3) is 0.0488. The molecule has 0 spiro atoms. The van der Waals surface area contributed by atoms with E-state index in [4.69, 9.17) is 9.97 Å². The third-order valence-corrected chi connectivity index (χ3v) is 8.43. The smallest absolute Gasteiger partial charge is 0.161 e. The van der Waals surface area contributed by atoms with Gasteiger partial charge in [0.25, 0.3) is 0 Å². The van der Waals surface area contributed by atoms with Gasteiger partial charge in [0.2, 0.25) is 0 Å². The van der Waals surface area contributed by atoms with Gasteiger partial charge in [0.15, 0.2) is 5.82 Å². The molecule has 0 unspecified atom stereocenters. The Morgan fingerprint density at radius 1 is 0.523 bits per heavy atom. The first-order valence-corrected chi connectivity index (χ1v) is 15.1. The molecule has 0 N–H and O–H groups in total. The molecular weight excluding hydrogens is 534 g/mol. The summed E-state index contributed by atoms with van der Waals surface area (Å²) in [6, 6.07) is 42.8. The second kappa shape index (κ2) is 11.2. The topological polar surface area (TPSA) is 38.7 Å². The summed E-state index contributed by atoms with van der Waals surface area (Å²) in [6.45, 7) is 0. The van der Waals surface area contributed by atoms with Gasteiger partial charge in [-0.3, -0.25) is 4.98 Å². The van der Waals surface area contributed by atoms with E-state index in [2.05, 4.69) is 138 Å². The molecule has 3 nitrogen and oxygen atoms in total. The van der Waals surface area contributed by atoms with Gasteiger partial charge >= 0.3 is 0 Å². The highest BCUT2D eigenvalue weighted by molar-refractivity contribution is 6.13. The van der Waals surface area contributed by atoms with E-state index in [1.165, 1.54) is 27.3 Å². The van der Waals surface area contributed by atoms with Gasteiger partial charge in [0, 0.05) is 34.6 Å². The number of hydrogen-bond acceptors (Lipinski definition) is 3. The maximum atomic E-state index is 5.27. The first-order valence-electron chi connectivity index (χ1n) is 15.1. The maximum absolute atomic E-state index is 5.27. The van der Waals surface area contributed by atoms with Crippen LogP contribution in [0.3, 0.4) is 0 Å². The van der Waals surface area contributed by atoms with Crippen LogP contribution in [0.1, 0.15) is 18.4 Å². The molecule has 0 atom stereocenters. The summed E-state index contributed by atoms with van der Waals surface area (Å²) in [5.74, 6) is 0.719. The van der Waals surface area contributed by atoms with E-state index in [-0.39, 0.29) is 0 Å². The molecule has 3 heteroatoms. The Hall–Kier alpha value is -5.67. The van der Waals surface area contributed by atoms with E-state index < -0.39 is 0 Å². The van der Waals surface area contributed by atoms with Crippen molar-refractivity contribution in [2.45, 2.75) is 12.8 Å². The molecule has 0 fully saturated rings. The number of rotatable bonds is 5. The van der Waals surface area contributed by atoms with Crippen molar-refractivity contribution in [2.75, 3.05) is 0 Å². The maximum Gasteiger partial charge on any atom is 0.161 e. The number of allylic oxidation sites excluding steroid dienone is 4. The molecule has 2 heterocycles. The van der Waals surface area contributed by atoms with Crippen molar-refractivity contribution in [3.8, 4) is 45.0 Å². The van der Waals surface area contributed by atoms with E-state index >= 15 is 0 Å². The van der Waals surface area contributed by atoms with Crippen molar-refractivity contribution in [3.63, 3.8) is 0 Å². The zero-order valence-electron chi connectivity index (χ0n) is 24.2. The molecular formula is C41H29N3. The van der Waals surface area contributed by atoms with Gasteiger partial charge in [-0.25, -0.2) is 9.97 Å². The summed E-state index contributed by atoms with van der Waals surface area (Å²) in [7, 11) is 0. The number of aromatic nitrogens is 3. The Morgan fingerprint density at radius 3 is 1.95 bits per heavy atom. The molecule has 2 aromatic heterocycles. The molecule has 0 saturated heterocycles. The van der Waals surface area contributed by atoms with Crippen LogP contribution in [0.15, 0.2) is 152 Å². The van der Waals surface area contributed by atoms with Crippen LogP contribution in [0.2, 0.25) is 0 Å². The van der Waals surface area contributed by atoms with Gasteiger partial charge in [0.05, 0.1) is 11.4 Å². The standard InChI is InChI=1S/C41H29N3/c1-2-11-28(12-3-1)29-14-8-16-32(23-29)39-26-40(33-17-9-15-30(24-33)34-18-10-22-42-27-34)44-41(43-39)38-25-31-13-4-5-19-35(31)36-20-6-7-21-37(36)38/h1-2,4-11,13-27H,3,12H2. The Bertz CT molecular complexity index is 2230. The van der Waals surface area contributed by atoms with Crippen LogP contribution in [0.25, 0.3) is 72.1 Å². The molecule has 0 bridgehead atoms. The lowest BCUT2D eigenvalue weighted by Crippen LogP contribution is -1.98. The minimum atomic E-state index is 0.719. The predicted molar refractivity (Wildman–Crippen MR) is 183 cm³/mol. The van der Waals surface area contributed by atoms with Crippen LogP contribution < -0.4 is 0 Å². The summed E-state index contributed by atoms with van der Waals surface area (Å²) in [5, 5.41) is 4.75. The van der Waals surface area contributed by atoms with Gasteiger partial charge in [-0.2, -0.15) is 0 Å². The highest BCUT2D eigenvalue weighted by Crippen LogP contribution is 2.37. The Balaban J connectivity index is 1.36. The number of nitrogens with zero attached hydrogens (tertiary/aromatic N) is 3. The minimum Gasteiger partial charge on any atom is -0.264 e. The second-order valence-corrected chi connectivity index (χ2v) is 11.2. The Labute approximate surface area is 256 Å². The second-order valence-electron chi connectivity index (χ2n) is 11.2. The molecule has 8 rings (SSSR count). The molecule has 1 aliphatic carbocycles. The third kappa shape index (κ3) is 4.89. The number of fused-ring (bicyclic) bond motifs is 3. The van der Waals surface area contributed by atoms with E-state index in [0.717, 1.165) is 63.3 Å². The predicted octanol–water partition coefficient (Wildman–Crippen LogP) is 10.6. The van der Waals surface area contributed by atoms with Crippen LogP contribution in [0.5, 0.6) is 0 Å². The summed E-state index contributed by atoms with van der Waals surface area (Å²) in [4.78, 5) is 14.9. The molecule has 208 valence electrons. The van der Waals surface area contributed by atoms with Gasteiger partial charge in [-0.15, -0.1) is 0 Å². The fourth-order valence-electron chi connectivity index (χ4n) is 6.22. The lowest BCUT2D eigenvalue weighted by molar-refractivity contribution is 1.05. The highest BCUT2D eigenvalue weighted by Gasteiger charge is 2.16. The quantitative estimate of drug-likeness (QED) is 0.196. The molecule has 1 aliphatic rings. The lowest BCUT2D eigenvalue weighted by atomic mass is 9.94. The number of hydrogen-bond donors (Lipinski definition) is 0. The normalized spacial score (nSPS) is 12.9. The molecule has 0 radical (unpaired) electrons. The largest absolute Gasteiger partial charge is 0.264 e. The Morgan fingerprint density at radius 2 is 1.20 bits per heavy atom. The summed E-state index contributed by atoms with van der Waals surface area (Å²) in [6.07, 6.45) is 12.4. The SMILES string of the molecule is C1=CCCC(c2cccc(-c3cc(-c4cccc(-c5cccnc5)c4)nc(-c4cc5ccccc5c5ccccc45)n3)c2)=C1. The summed E-state index contributed by atoms with van der Waals surface area (Å²) >= 11 is 0. The van der Waals surface area contributed by atoms with Crippen molar-refractivity contribution < 1.29 is 0 Å². The van der Waals surface area contributed by atoms with E-state index in [9.17, 15) is 0 Å². The average Bonchev–Trinajstić information content (AvgIpc) is 3.12. The van der Waals surface area contributed by atoms with Crippen molar-refractivity contribution in [1.82, 2.24) is 15.0 Å². The van der Waals surface area contributed by atoms with E-state index in [0.29, 0.717) is 0 Å².